The van der Waals surface area contributed by atoms with Gasteiger partial charge in [0.25, 0.3) is 5.69 Å². The monoisotopic (exact) mass is 311 g/mol. The molecule has 1 aromatic carbocycles. The first-order chi connectivity index (χ1) is 9.90. The standard InChI is InChI=1S/C11H12N4O5S/c1-7(16)12-10(11(17)18)6-21-14-13-8-2-4-9(5-3-8)15(19)20/h2-5,10H,6H2,1H3,(H,12,16)(H,17,18)/p-1/t10-/m1/s1. The Balaban J connectivity index is 2.51. The molecule has 112 valence electrons. The number of benzene rings is 1. The Bertz CT molecular complexity index is 560. The van der Waals surface area contributed by atoms with Crippen LogP contribution < -0.4 is 10.4 Å². The topological polar surface area (TPSA) is 137 Å². The van der Waals surface area contributed by atoms with Crippen LogP contribution in [-0.4, -0.2) is 28.6 Å². The fourth-order valence-electron chi connectivity index (χ4n) is 1.24. The number of nitro groups is 1. The van der Waals surface area contributed by atoms with Crippen molar-refractivity contribution in [2.75, 3.05) is 5.75 Å². The Labute approximate surface area is 123 Å². The third-order valence-electron chi connectivity index (χ3n) is 2.18. The van der Waals surface area contributed by atoms with E-state index in [0.29, 0.717) is 5.69 Å². The number of rotatable bonds is 7. The summed E-state index contributed by atoms with van der Waals surface area (Å²) in [5, 5.41) is 27.1. The van der Waals surface area contributed by atoms with Crippen LogP contribution in [0.3, 0.4) is 0 Å². The van der Waals surface area contributed by atoms with Crippen molar-refractivity contribution in [2.24, 2.45) is 9.63 Å². The lowest BCUT2D eigenvalue weighted by molar-refractivity contribution is -0.384. The van der Waals surface area contributed by atoms with Crippen LogP contribution in [0.4, 0.5) is 11.4 Å². The van der Waals surface area contributed by atoms with Crippen LogP contribution >= 0.6 is 11.9 Å². The first kappa shape index (κ1) is 16.6. The minimum atomic E-state index is -1.41. The second kappa shape index (κ2) is 7.94. The van der Waals surface area contributed by atoms with Gasteiger partial charge in [-0.25, -0.2) is 0 Å². The summed E-state index contributed by atoms with van der Waals surface area (Å²) < 4.78 is 3.68. The normalized spacial score (nSPS) is 12.0. The van der Waals surface area contributed by atoms with Gasteiger partial charge in [-0.1, -0.05) is 0 Å². The maximum atomic E-state index is 10.8. The van der Waals surface area contributed by atoms with E-state index in [1.807, 2.05) is 0 Å². The molecule has 10 heteroatoms. The quantitative estimate of drug-likeness (QED) is 0.338. The summed E-state index contributed by atoms with van der Waals surface area (Å²) in [6.45, 7) is 1.19. The van der Waals surface area contributed by atoms with E-state index in [2.05, 4.69) is 15.0 Å². The van der Waals surface area contributed by atoms with Crippen LogP contribution in [0, 0.1) is 10.1 Å². The van der Waals surface area contributed by atoms with E-state index >= 15 is 0 Å². The highest BCUT2D eigenvalue weighted by molar-refractivity contribution is 7.97. The number of hydrogen-bond acceptors (Lipinski definition) is 8. The minimum absolute atomic E-state index is 0.0433. The zero-order valence-electron chi connectivity index (χ0n) is 10.9. The summed E-state index contributed by atoms with van der Waals surface area (Å²) in [4.78, 5) is 31.4. The average Bonchev–Trinajstić information content (AvgIpc) is 2.42. The highest BCUT2D eigenvalue weighted by atomic mass is 32.2. The maximum absolute atomic E-state index is 10.8. The van der Waals surface area contributed by atoms with Crippen LogP contribution in [-0.2, 0) is 9.59 Å². The summed E-state index contributed by atoms with van der Waals surface area (Å²) in [5.74, 6) is -1.95. The molecule has 0 aromatic heterocycles. The van der Waals surface area contributed by atoms with E-state index < -0.39 is 22.8 Å². The number of nitrogens with zero attached hydrogens (tertiary/aromatic N) is 3. The molecule has 1 amide bonds. The molecule has 1 aromatic rings. The molecule has 0 fully saturated rings. The lowest BCUT2D eigenvalue weighted by Gasteiger charge is -2.16. The van der Waals surface area contributed by atoms with Gasteiger partial charge in [0.15, 0.2) is 0 Å². The van der Waals surface area contributed by atoms with Gasteiger partial charge < -0.3 is 15.2 Å². The van der Waals surface area contributed by atoms with E-state index in [1.165, 1.54) is 31.2 Å². The number of hydrogen-bond donors (Lipinski definition) is 1. The van der Waals surface area contributed by atoms with Crippen molar-refractivity contribution in [2.45, 2.75) is 13.0 Å². The third-order valence-corrected chi connectivity index (χ3v) is 2.86. The maximum Gasteiger partial charge on any atom is 0.269 e. The summed E-state index contributed by atoms with van der Waals surface area (Å²) in [6.07, 6.45) is 0. The Morgan fingerprint density at radius 2 is 2.00 bits per heavy atom. The summed E-state index contributed by atoms with van der Waals surface area (Å²) in [5.41, 5.74) is 0.321. The zero-order valence-corrected chi connectivity index (χ0v) is 11.7. The molecule has 0 heterocycles. The average molecular weight is 311 g/mol. The third kappa shape index (κ3) is 5.99. The number of carboxylic acid groups (broad SMARTS) is 1. The first-order valence-corrected chi connectivity index (χ1v) is 6.60. The number of aliphatic carboxylic acids is 1. The number of non-ortho nitro benzene ring substituents is 1. The van der Waals surface area contributed by atoms with Crippen LogP contribution in [0.25, 0.3) is 0 Å². The van der Waals surface area contributed by atoms with Gasteiger partial charge >= 0.3 is 0 Å². The number of carbonyl (C=O) groups is 2. The Kier molecular flexibility index (Phi) is 6.27. The molecule has 21 heavy (non-hydrogen) atoms. The van der Waals surface area contributed by atoms with E-state index in [1.54, 1.807) is 0 Å². The Morgan fingerprint density at radius 1 is 1.38 bits per heavy atom. The molecule has 0 unspecified atom stereocenters. The van der Waals surface area contributed by atoms with Gasteiger partial charge in [0.1, 0.15) is 0 Å². The molecule has 0 radical (unpaired) electrons. The Hall–Kier alpha value is -2.49. The van der Waals surface area contributed by atoms with E-state index in [9.17, 15) is 24.8 Å². The van der Waals surface area contributed by atoms with Gasteiger partial charge in [-0.3, -0.25) is 14.9 Å². The van der Waals surface area contributed by atoms with Gasteiger partial charge in [0, 0.05) is 36.8 Å². The summed E-state index contributed by atoms with van der Waals surface area (Å²) >= 11 is 0.826. The van der Waals surface area contributed by atoms with Crippen LogP contribution in [0.2, 0.25) is 0 Å². The molecule has 1 atom stereocenters. The summed E-state index contributed by atoms with van der Waals surface area (Å²) in [6, 6.07) is 4.21. The molecule has 1 N–H and O–H groups in total. The molecule has 0 bridgehead atoms. The van der Waals surface area contributed by atoms with Crippen molar-refractivity contribution in [1.29, 1.82) is 0 Å². The highest BCUT2D eigenvalue weighted by Crippen LogP contribution is 2.19. The van der Waals surface area contributed by atoms with Crippen molar-refractivity contribution >= 4 is 35.2 Å². The molecular formula is C11H11N4O5S-. The molecule has 0 saturated heterocycles. The first-order valence-electron chi connectivity index (χ1n) is 5.65. The van der Waals surface area contributed by atoms with Crippen molar-refractivity contribution in [1.82, 2.24) is 5.32 Å². The second-order valence-corrected chi connectivity index (χ2v) is 4.58. The lowest BCUT2D eigenvalue weighted by atomic mass is 10.3. The zero-order chi connectivity index (χ0) is 15.8. The molecule has 0 aliphatic rings. The van der Waals surface area contributed by atoms with E-state index in [-0.39, 0.29) is 11.4 Å². The number of nitro benzene ring substituents is 1. The van der Waals surface area contributed by atoms with Crippen LogP contribution in [0.15, 0.2) is 33.9 Å². The number of carbonyl (C=O) groups excluding carboxylic acids is 2. The molecule has 1 rings (SSSR count). The van der Waals surface area contributed by atoms with Crippen molar-refractivity contribution in [3.63, 3.8) is 0 Å². The Morgan fingerprint density at radius 3 is 2.48 bits per heavy atom. The second-order valence-electron chi connectivity index (χ2n) is 3.82. The van der Waals surface area contributed by atoms with E-state index in [4.69, 9.17) is 0 Å². The van der Waals surface area contributed by atoms with Gasteiger partial charge in [-0.15, -0.1) is 9.63 Å². The van der Waals surface area contributed by atoms with E-state index in [0.717, 1.165) is 11.9 Å². The lowest BCUT2D eigenvalue weighted by Crippen LogP contribution is -2.48. The van der Waals surface area contributed by atoms with Crippen LogP contribution in [0.5, 0.6) is 0 Å². The van der Waals surface area contributed by atoms with Gasteiger partial charge in [0.2, 0.25) is 5.91 Å². The van der Waals surface area contributed by atoms with Gasteiger partial charge in [0.05, 0.1) is 22.6 Å². The van der Waals surface area contributed by atoms with Crippen molar-refractivity contribution < 1.29 is 19.6 Å². The molecule has 0 aliphatic heterocycles. The number of carboxylic acids is 1. The number of nitrogens with one attached hydrogen (secondary N) is 1. The molecule has 0 aliphatic carbocycles. The van der Waals surface area contributed by atoms with Crippen LogP contribution in [0.1, 0.15) is 6.92 Å². The fraction of sp³-hybridized carbons (Fsp3) is 0.273. The minimum Gasteiger partial charge on any atom is -0.548 e. The SMILES string of the molecule is CC(=O)N[C@H](CSN=Nc1ccc([N+](=O)[O-])cc1)C(=O)[O-]. The predicted octanol–water partition coefficient (Wildman–Crippen LogP) is 0.581. The molecule has 0 saturated carbocycles. The van der Waals surface area contributed by atoms with Crippen molar-refractivity contribution in [3.05, 3.63) is 34.4 Å². The smallest absolute Gasteiger partial charge is 0.269 e. The largest absolute Gasteiger partial charge is 0.548 e. The molecule has 9 nitrogen and oxygen atoms in total. The van der Waals surface area contributed by atoms with Crippen molar-refractivity contribution in [3.8, 4) is 0 Å². The fourth-order valence-corrected chi connectivity index (χ4v) is 1.83. The molecular weight excluding hydrogens is 300 g/mol. The van der Waals surface area contributed by atoms with Gasteiger partial charge in [-0.05, 0) is 12.1 Å². The molecule has 0 spiro atoms. The predicted molar refractivity (Wildman–Crippen MR) is 72.7 cm³/mol. The number of amides is 1. The summed E-state index contributed by atoms with van der Waals surface area (Å²) in [7, 11) is 0. The van der Waals surface area contributed by atoms with Gasteiger partial charge in [-0.2, -0.15) is 0 Å². The highest BCUT2D eigenvalue weighted by Gasteiger charge is 2.11.